The van der Waals surface area contributed by atoms with Crippen molar-refractivity contribution < 1.29 is 18.0 Å². The molecule has 0 aliphatic carbocycles. The Morgan fingerprint density at radius 1 is 0.800 bits per heavy atom. The molecule has 1 atom stereocenters. The molecule has 0 unspecified atom stereocenters. The molecule has 0 spiro atoms. The molecule has 0 bridgehead atoms. The molecule has 7 nitrogen and oxygen atoms in total. The van der Waals surface area contributed by atoms with Crippen molar-refractivity contribution in [2.24, 2.45) is 5.92 Å². The van der Waals surface area contributed by atoms with Crippen LogP contribution in [0.25, 0.3) is 0 Å². The molecular formula is C35H37Cl2N3O4S. The summed E-state index contributed by atoms with van der Waals surface area (Å²) in [5, 5.41) is 3.84. The Morgan fingerprint density at radius 3 is 2.02 bits per heavy atom. The van der Waals surface area contributed by atoms with Gasteiger partial charge in [0.15, 0.2) is 0 Å². The molecule has 0 heterocycles. The van der Waals surface area contributed by atoms with Gasteiger partial charge in [0.1, 0.15) is 12.6 Å². The van der Waals surface area contributed by atoms with E-state index in [1.807, 2.05) is 44.2 Å². The molecule has 0 aliphatic heterocycles. The third-order valence-corrected chi connectivity index (χ3v) is 9.53. The minimum absolute atomic E-state index is 0.0249. The molecule has 4 rings (SSSR count). The first-order chi connectivity index (χ1) is 21.5. The third kappa shape index (κ3) is 9.10. The number of carbonyl (C=O) groups is 2. The normalized spacial score (nSPS) is 12.0. The summed E-state index contributed by atoms with van der Waals surface area (Å²) in [6.07, 6.45) is 0.228. The summed E-state index contributed by atoms with van der Waals surface area (Å²) in [4.78, 5) is 29.8. The lowest BCUT2D eigenvalue weighted by Gasteiger charge is -2.34. The fraction of sp³-hybridized carbons (Fsp3) is 0.257. The summed E-state index contributed by atoms with van der Waals surface area (Å²) in [5.41, 5.74) is 2.48. The molecule has 0 radical (unpaired) electrons. The molecule has 236 valence electrons. The number of sulfonamides is 1. The highest BCUT2D eigenvalue weighted by molar-refractivity contribution is 7.92. The van der Waals surface area contributed by atoms with Crippen molar-refractivity contribution in [3.8, 4) is 0 Å². The number of nitrogens with zero attached hydrogens (tertiary/aromatic N) is 2. The maximum absolute atomic E-state index is 14.5. The summed E-state index contributed by atoms with van der Waals surface area (Å²) < 4.78 is 29.4. The molecule has 0 saturated carbocycles. The predicted octanol–water partition coefficient (Wildman–Crippen LogP) is 6.91. The van der Waals surface area contributed by atoms with Crippen LogP contribution < -0.4 is 9.62 Å². The molecule has 0 aromatic heterocycles. The second-order valence-electron chi connectivity index (χ2n) is 11.2. The quantitative estimate of drug-likeness (QED) is 0.168. The van der Waals surface area contributed by atoms with Crippen molar-refractivity contribution in [2.75, 3.05) is 17.4 Å². The number of hydrogen-bond acceptors (Lipinski definition) is 4. The zero-order valence-corrected chi connectivity index (χ0v) is 27.8. The highest BCUT2D eigenvalue weighted by Gasteiger charge is 2.35. The molecule has 4 aromatic rings. The molecule has 4 aromatic carbocycles. The van der Waals surface area contributed by atoms with E-state index in [0.717, 1.165) is 15.4 Å². The highest BCUT2D eigenvalue weighted by Crippen LogP contribution is 2.30. The minimum atomic E-state index is -4.22. The SMILES string of the molecule is Cc1ccc(Cl)cc1N(CC(=O)N(Cc1ccc(Cl)cc1)[C@@H](Cc1ccccc1)C(=O)NCC(C)C)S(=O)(=O)c1ccccc1. The summed E-state index contributed by atoms with van der Waals surface area (Å²) >= 11 is 12.5. The Balaban J connectivity index is 1.82. The molecule has 10 heteroatoms. The third-order valence-electron chi connectivity index (χ3n) is 7.27. The monoisotopic (exact) mass is 665 g/mol. The fourth-order valence-electron chi connectivity index (χ4n) is 4.85. The van der Waals surface area contributed by atoms with Crippen molar-refractivity contribution in [3.05, 3.63) is 130 Å². The van der Waals surface area contributed by atoms with E-state index in [0.29, 0.717) is 22.2 Å². The van der Waals surface area contributed by atoms with Gasteiger partial charge in [-0.1, -0.05) is 104 Å². The van der Waals surface area contributed by atoms with Gasteiger partial charge >= 0.3 is 0 Å². The van der Waals surface area contributed by atoms with Gasteiger partial charge in [-0.3, -0.25) is 13.9 Å². The number of amides is 2. The smallest absolute Gasteiger partial charge is 0.264 e. The van der Waals surface area contributed by atoms with Crippen LogP contribution in [-0.2, 0) is 32.6 Å². The number of hydrogen-bond donors (Lipinski definition) is 1. The molecule has 0 fully saturated rings. The second kappa shape index (κ2) is 15.4. The lowest BCUT2D eigenvalue weighted by atomic mass is 10.0. The Morgan fingerprint density at radius 2 is 1.40 bits per heavy atom. The van der Waals surface area contributed by atoms with E-state index in [4.69, 9.17) is 23.2 Å². The molecule has 2 amide bonds. The lowest BCUT2D eigenvalue weighted by molar-refractivity contribution is -0.140. The molecule has 45 heavy (non-hydrogen) atoms. The van der Waals surface area contributed by atoms with E-state index in [1.54, 1.807) is 61.5 Å². The summed E-state index contributed by atoms with van der Waals surface area (Å²) in [6.45, 7) is 5.65. The van der Waals surface area contributed by atoms with Gasteiger partial charge in [0, 0.05) is 29.6 Å². The molecule has 1 N–H and O–H groups in total. The molecule has 0 saturated heterocycles. The summed E-state index contributed by atoms with van der Waals surface area (Å²) in [5.74, 6) is -0.695. The van der Waals surface area contributed by atoms with Crippen molar-refractivity contribution in [1.82, 2.24) is 10.2 Å². The van der Waals surface area contributed by atoms with Crippen molar-refractivity contribution in [1.29, 1.82) is 0 Å². The van der Waals surface area contributed by atoms with E-state index in [1.165, 1.54) is 23.1 Å². The number of halogens is 2. The average molecular weight is 667 g/mol. The van der Waals surface area contributed by atoms with E-state index in [9.17, 15) is 18.0 Å². The van der Waals surface area contributed by atoms with Gasteiger partial charge in [0.05, 0.1) is 10.6 Å². The number of anilines is 1. The first kappa shape index (κ1) is 34.0. The number of benzene rings is 4. The Kier molecular flexibility index (Phi) is 11.7. The van der Waals surface area contributed by atoms with Crippen LogP contribution in [0.4, 0.5) is 5.69 Å². The zero-order valence-electron chi connectivity index (χ0n) is 25.5. The molecule has 0 aliphatic rings. The maximum atomic E-state index is 14.5. The van der Waals surface area contributed by atoms with Crippen LogP contribution >= 0.6 is 23.2 Å². The summed E-state index contributed by atoms with van der Waals surface area (Å²) in [7, 11) is -4.22. The van der Waals surface area contributed by atoms with Crippen LogP contribution in [0.3, 0.4) is 0 Å². The highest BCUT2D eigenvalue weighted by atomic mass is 35.5. The second-order valence-corrected chi connectivity index (χ2v) is 14.0. The van der Waals surface area contributed by atoms with Crippen molar-refractivity contribution in [2.45, 2.75) is 44.7 Å². The van der Waals surface area contributed by atoms with Crippen LogP contribution in [0.15, 0.2) is 108 Å². The van der Waals surface area contributed by atoms with E-state index in [-0.39, 0.29) is 35.4 Å². The number of rotatable bonds is 13. The Bertz CT molecular complexity index is 1700. The lowest BCUT2D eigenvalue weighted by Crippen LogP contribution is -2.53. The average Bonchev–Trinajstić information content (AvgIpc) is 3.03. The van der Waals surface area contributed by atoms with E-state index >= 15 is 0 Å². The van der Waals surface area contributed by atoms with Gasteiger partial charge in [-0.25, -0.2) is 8.42 Å². The van der Waals surface area contributed by atoms with Crippen molar-refractivity contribution >= 4 is 50.7 Å². The van der Waals surface area contributed by atoms with Crippen LogP contribution in [0, 0.1) is 12.8 Å². The predicted molar refractivity (Wildman–Crippen MR) is 181 cm³/mol. The van der Waals surface area contributed by atoms with Crippen molar-refractivity contribution in [3.63, 3.8) is 0 Å². The first-order valence-electron chi connectivity index (χ1n) is 14.6. The summed E-state index contributed by atoms with van der Waals surface area (Å²) in [6, 6.07) is 28.3. The van der Waals surface area contributed by atoms with Crippen LogP contribution in [0.1, 0.15) is 30.5 Å². The van der Waals surface area contributed by atoms with Crippen LogP contribution in [-0.4, -0.2) is 44.3 Å². The number of carbonyl (C=O) groups excluding carboxylic acids is 2. The van der Waals surface area contributed by atoms with E-state index in [2.05, 4.69) is 5.32 Å². The minimum Gasteiger partial charge on any atom is -0.354 e. The standard InChI is InChI=1S/C35H37Cl2N3O4S/c1-25(2)22-38-35(42)33(20-27-10-6-4-7-11-27)39(23-28-15-18-29(36)19-16-28)34(41)24-40(32-21-30(37)17-14-26(32)3)45(43,44)31-12-8-5-9-13-31/h4-19,21,25,33H,20,22-24H2,1-3H3,(H,38,42)/t33-/m0/s1. The number of aryl methyl sites for hydroxylation is 1. The zero-order chi connectivity index (χ0) is 32.6. The van der Waals surface area contributed by atoms with Gasteiger partial charge in [0.2, 0.25) is 11.8 Å². The van der Waals surface area contributed by atoms with Gasteiger partial charge in [-0.2, -0.15) is 0 Å². The Labute approximate surface area is 275 Å². The van der Waals surface area contributed by atoms with Crippen LogP contribution in [0.5, 0.6) is 0 Å². The largest absolute Gasteiger partial charge is 0.354 e. The van der Waals surface area contributed by atoms with E-state index < -0.39 is 28.5 Å². The fourth-order valence-corrected chi connectivity index (χ4v) is 6.63. The van der Waals surface area contributed by atoms with Crippen LogP contribution in [0.2, 0.25) is 10.0 Å². The molecular weight excluding hydrogens is 629 g/mol. The van der Waals surface area contributed by atoms with Gasteiger partial charge in [0.25, 0.3) is 10.0 Å². The van der Waals surface area contributed by atoms with Gasteiger partial charge in [-0.15, -0.1) is 0 Å². The first-order valence-corrected chi connectivity index (χ1v) is 16.8. The Hall–Kier alpha value is -3.85. The van der Waals surface area contributed by atoms with Gasteiger partial charge in [-0.05, 0) is 65.9 Å². The topological polar surface area (TPSA) is 86.8 Å². The maximum Gasteiger partial charge on any atom is 0.264 e. The number of nitrogens with one attached hydrogen (secondary N) is 1. The van der Waals surface area contributed by atoms with Gasteiger partial charge < -0.3 is 10.2 Å².